The minimum atomic E-state index is -0.912. The highest BCUT2D eigenvalue weighted by Gasteiger charge is 2.39. The largest absolute Gasteiger partial charge is 0.481 e. The van der Waals surface area contributed by atoms with Gasteiger partial charge in [-0.05, 0) is 78.5 Å². The lowest BCUT2D eigenvalue weighted by Crippen LogP contribution is -2.59. The molecule has 0 unspecified atom stereocenters. The third kappa shape index (κ3) is 8.84. The Kier molecular flexibility index (Phi) is 12.0. The fourth-order valence-electron chi connectivity index (χ4n) is 8.40. The van der Waals surface area contributed by atoms with Crippen LogP contribution in [0.25, 0.3) is 11.4 Å². The molecule has 2 aliphatic heterocycles. The van der Waals surface area contributed by atoms with Crippen molar-refractivity contribution in [3.8, 4) is 11.4 Å². The molecule has 0 radical (unpaired) electrons. The van der Waals surface area contributed by atoms with Crippen molar-refractivity contribution < 1.29 is 19.5 Å². The number of anilines is 1. The number of nitrogens with zero attached hydrogens (tertiary/aromatic N) is 4. The van der Waals surface area contributed by atoms with Gasteiger partial charge in [-0.1, -0.05) is 89.8 Å². The molecule has 1 saturated carbocycles. The number of piperidine rings is 1. The first-order chi connectivity index (χ1) is 25.0. The molecule has 1 aliphatic carbocycles. The monoisotopic (exact) mass is 707 g/mol. The van der Waals surface area contributed by atoms with E-state index in [2.05, 4.69) is 37.9 Å². The first-order valence-electron chi connectivity index (χ1n) is 19.6. The molecule has 3 aliphatic rings. The maximum Gasteiger partial charge on any atom is 0.310 e. The lowest BCUT2D eigenvalue weighted by molar-refractivity contribution is -0.153. The number of carboxylic acids is 1. The Bertz CT molecular complexity index is 1650. The maximum absolute atomic E-state index is 13.6. The molecule has 0 spiro atoms. The molecule has 9 heteroatoms. The quantitative estimate of drug-likeness (QED) is 0.189. The number of benzene rings is 2. The van der Waals surface area contributed by atoms with Crippen LogP contribution in [0.15, 0.2) is 60.9 Å². The second-order valence-electron chi connectivity index (χ2n) is 16.2. The number of hydrogen-bond donors (Lipinski definition) is 2. The van der Waals surface area contributed by atoms with Gasteiger partial charge in [0.1, 0.15) is 6.04 Å². The zero-order chi connectivity index (χ0) is 36.8. The summed E-state index contributed by atoms with van der Waals surface area (Å²) in [7, 11) is 0. The van der Waals surface area contributed by atoms with Gasteiger partial charge in [-0.2, -0.15) is 0 Å². The molecular formula is C43H57N5O4. The SMILES string of the molecule is CCCC1CCC(C2CCN(c3cnc(-c4ccc(C[C@H](NC(=O)c5ccc(C(C)(C)CC)cc5)C(=O)N5CC(C(=O)O)C5)cc4)nc3)CC2)CC1. The fraction of sp³-hybridized carbons (Fsp3) is 0.558. The van der Waals surface area contributed by atoms with Gasteiger partial charge in [0.15, 0.2) is 5.82 Å². The standard InChI is InChI=1S/C43H57N5O4/c1-5-7-29-8-12-31(13-9-29)32-20-22-47(23-21-32)37-25-44-39(45-26-37)33-14-10-30(11-15-33)24-38(41(50)48-27-35(28-48)42(51)52)46-40(49)34-16-18-36(19-17-34)43(3,4)6-2/h10-11,14-19,25-26,29,31-32,35,38H,5-9,12-13,20-24,27-28H2,1-4H3,(H,46,49)(H,51,52)/t29?,31?,38-/m0/s1. The first kappa shape index (κ1) is 37.5. The van der Waals surface area contributed by atoms with Crippen molar-refractivity contribution in [3.05, 3.63) is 77.6 Å². The molecule has 1 atom stereocenters. The van der Waals surface area contributed by atoms with Crippen LogP contribution in [-0.4, -0.2) is 70.0 Å². The van der Waals surface area contributed by atoms with Gasteiger partial charge < -0.3 is 20.2 Å². The molecule has 0 bridgehead atoms. The summed E-state index contributed by atoms with van der Waals surface area (Å²) < 4.78 is 0. The topological polar surface area (TPSA) is 116 Å². The highest BCUT2D eigenvalue weighted by atomic mass is 16.4. The molecule has 6 rings (SSSR count). The number of hydrogen-bond acceptors (Lipinski definition) is 6. The second kappa shape index (κ2) is 16.6. The van der Waals surface area contributed by atoms with Gasteiger partial charge in [0, 0.05) is 43.7 Å². The smallest absolute Gasteiger partial charge is 0.310 e. The van der Waals surface area contributed by atoms with E-state index in [4.69, 9.17) is 9.97 Å². The Morgan fingerprint density at radius 1 is 0.865 bits per heavy atom. The molecule has 3 aromatic rings. The first-order valence-corrected chi connectivity index (χ1v) is 19.6. The summed E-state index contributed by atoms with van der Waals surface area (Å²) in [6.07, 6.45) is 16.0. The summed E-state index contributed by atoms with van der Waals surface area (Å²) in [6, 6.07) is 14.5. The van der Waals surface area contributed by atoms with E-state index in [-0.39, 0.29) is 36.7 Å². The van der Waals surface area contributed by atoms with E-state index in [9.17, 15) is 19.5 Å². The minimum Gasteiger partial charge on any atom is -0.481 e. The predicted molar refractivity (Wildman–Crippen MR) is 205 cm³/mol. The lowest BCUT2D eigenvalue weighted by atomic mass is 9.72. The lowest BCUT2D eigenvalue weighted by Gasteiger charge is -2.39. The van der Waals surface area contributed by atoms with Gasteiger partial charge in [0.25, 0.3) is 5.91 Å². The molecule has 2 saturated heterocycles. The van der Waals surface area contributed by atoms with Crippen LogP contribution in [0.3, 0.4) is 0 Å². The average Bonchev–Trinajstić information content (AvgIpc) is 3.14. The average molecular weight is 708 g/mol. The Balaban J connectivity index is 1.06. The number of aromatic nitrogens is 2. The zero-order valence-electron chi connectivity index (χ0n) is 31.5. The molecule has 2 aromatic carbocycles. The zero-order valence-corrected chi connectivity index (χ0v) is 31.5. The fourth-order valence-corrected chi connectivity index (χ4v) is 8.40. The molecule has 3 fully saturated rings. The van der Waals surface area contributed by atoms with E-state index in [0.717, 1.165) is 59.6 Å². The number of carbonyl (C=O) groups excluding carboxylic acids is 2. The number of aliphatic carboxylic acids is 1. The van der Waals surface area contributed by atoms with Crippen molar-refractivity contribution in [2.45, 2.75) is 103 Å². The van der Waals surface area contributed by atoms with Crippen molar-refractivity contribution in [3.63, 3.8) is 0 Å². The van der Waals surface area contributed by atoms with Gasteiger partial charge >= 0.3 is 5.97 Å². The van der Waals surface area contributed by atoms with Crippen molar-refractivity contribution in [1.82, 2.24) is 20.2 Å². The number of carboxylic acid groups (broad SMARTS) is 1. The van der Waals surface area contributed by atoms with Gasteiger partial charge in [0.05, 0.1) is 24.0 Å². The molecule has 1 aromatic heterocycles. The van der Waals surface area contributed by atoms with E-state index >= 15 is 0 Å². The second-order valence-corrected chi connectivity index (χ2v) is 16.2. The molecule has 2 amide bonds. The van der Waals surface area contributed by atoms with E-state index in [1.807, 2.05) is 48.8 Å². The van der Waals surface area contributed by atoms with Gasteiger partial charge in [0.2, 0.25) is 5.91 Å². The number of rotatable bonds is 13. The van der Waals surface area contributed by atoms with Crippen LogP contribution < -0.4 is 10.2 Å². The third-order valence-corrected chi connectivity index (χ3v) is 12.4. The molecular weight excluding hydrogens is 651 g/mol. The summed E-state index contributed by atoms with van der Waals surface area (Å²) in [5.41, 5.74) is 4.44. The van der Waals surface area contributed by atoms with Gasteiger partial charge in [-0.15, -0.1) is 0 Å². The molecule has 52 heavy (non-hydrogen) atoms. The Hall–Kier alpha value is -4.27. The van der Waals surface area contributed by atoms with Gasteiger partial charge in [-0.3, -0.25) is 14.4 Å². The van der Waals surface area contributed by atoms with Crippen LogP contribution in [0.1, 0.15) is 107 Å². The molecule has 9 nitrogen and oxygen atoms in total. The van der Waals surface area contributed by atoms with Crippen LogP contribution in [0.2, 0.25) is 0 Å². The summed E-state index contributed by atoms with van der Waals surface area (Å²) in [4.78, 5) is 51.7. The van der Waals surface area contributed by atoms with Crippen LogP contribution in [0, 0.1) is 23.7 Å². The Morgan fingerprint density at radius 2 is 1.48 bits per heavy atom. The summed E-state index contributed by atoms with van der Waals surface area (Å²) in [6.45, 7) is 11.2. The maximum atomic E-state index is 13.6. The summed E-state index contributed by atoms with van der Waals surface area (Å²) >= 11 is 0. The van der Waals surface area contributed by atoms with E-state index in [1.54, 1.807) is 12.1 Å². The highest BCUT2D eigenvalue weighted by molar-refractivity contribution is 5.98. The predicted octanol–water partition coefficient (Wildman–Crippen LogP) is 7.54. The summed E-state index contributed by atoms with van der Waals surface area (Å²) in [5, 5.41) is 12.3. The Labute approximate surface area is 309 Å². The number of likely N-dealkylation sites (tertiary alicyclic amines) is 1. The van der Waals surface area contributed by atoms with Gasteiger partial charge in [-0.25, -0.2) is 9.97 Å². The third-order valence-electron chi connectivity index (χ3n) is 12.4. The number of carbonyl (C=O) groups is 3. The van der Waals surface area contributed by atoms with Crippen molar-refractivity contribution in [1.29, 1.82) is 0 Å². The van der Waals surface area contributed by atoms with E-state index < -0.39 is 17.9 Å². The van der Waals surface area contributed by atoms with E-state index in [0.29, 0.717) is 11.4 Å². The van der Waals surface area contributed by atoms with Crippen LogP contribution in [0.4, 0.5) is 5.69 Å². The summed E-state index contributed by atoms with van der Waals surface area (Å²) in [5.74, 6) is 1.25. The number of nitrogens with one attached hydrogen (secondary N) is 1. The normalized spacial score (nSPS) is 20.6. The van der Waals surface area contributed by atoms with E-state index in [1.165, 1.54) is 56.3 Å². The van der Waals surface area contributed by atoms with Crippen molar-refractivity contribution in [2.24, 2.45) is 23.7 Å². The van der Waals surface area contributed by atoms with Crippen LogP contribution in [-0.2, 0) is 21.4 Å². The molecule has 3 heterocycles. The number of amides is 2. The van der Waals surface area contributed by atoms with Crippen LogP contribution in [0.5, 0.6) is 0 Å². The molecule has 278 valence electrons. The van der Waals surface area contributed by atoms with Crippen molar-refractivity contribution >= 4 is 23.5 Å². The van der Waals surface area contributed by atoms with Crippen LogP contribution >= 0.6 is 0 Å². The molecule has 2 N–H and O–H groups in total. The van der Waals surface area contributed by atoms with Crippen molar-refractivity contribution in [2.75, 3.05) is 31.1 Å². The minimum absolute atomic E-state index is 0.00515. The Morgan fingerprint density at radius 3 is 2.06 bits per heavy atom. The highest BCUT2D eigenvalue weighted by Crippen LogP contribution is 2.39.